The van der Waals surface area contributed by atoms with E-state index in [0.29, 0.717) is 10.6 Å². The zero-order valence-electron chi connectivity index (χ0n) is 14.3. The Labute approximate surface area is 162 Å². The summed E-state index contributed by atoms with van der Waals surface area (Å²) in [7, 11) is -4.11. The quantitative estimate of drug-likeness (QED) is 0.506. The van der Waals surface area contributed by atoms with Gasteiger partial charge in [0.1, 0.15) is 6.04 Å². The second kappa shape index (κ2) is 9.09. The number of nitrogens with one attached hydrogen (secondary N) is 1. The average molecular weight is 412 g/mol. The standard InChI is InChI=1S/C18H18ClNO6S/c1-12(21)17(20-27(24,25)15-9-7-14(19)8-10-15)18(23)26-11-16(22)13-5-3-2-4-6-13/h2-10,12,17,20-21H,11H2,1H3/t12-,17+/m0/s1. The molecule has 0 radical (unpaired) electrons. The number of carbonyl (C=O) groups excluding carboxylic acids is 2. The fourth-order valence-corrected chi connectivity index (χ4v) is 3.51. The number of sulfonamides is 1. The topological polar surface area (TPSA) is 110 Å². The first-order valence-electron chi connectivity index (χ1n) is 7.91. The van der Waals surface area contributed by atoms with Crippen molar-refractivity contribution in [3.63, 3.8) is 0 Å². The Morgan fingerprint density at radius 3 is 2.26 bits per heavy atom. The molecule has 0 saturated heterocycles. The number of ketones is 1. The third kappa shape index (κ3) is 5.86. The van der Waals surface area contributed by atoms with Gasteiger partial charge in [0.25, 0.3) is 0 Å². The van der Waals surface area contributed by atoms with E-state index in [4.69, 9.17) is 16.3 Å². The molecule has 0 heterocycles. The van der Waals surface area contributed by atoms with Crippen LogP contribution < -0.4 is 4.72 Å². The minimum Gasteiger partial charge on any atom is -0.456 e. The second-order valence-corrected chi connectivity index (χ2v) is 7.84. The highest BCUT2D eigenvalue weighted by Crippen LogP contribution is 2.15. The van der Waals surface area contributed by atoms with Crippen molar-refractivity contribution in [2.24, 2.45) is 0 Å². The van der Waals surface area contributed by atoms with Gasteiger partial charge in [0.05, 0.1) is 11.0 Å². The maximum absolute atomic E-state index is 12.4. The van der Waals surface area contributed by atoms with Crippen molar-refractivity contribution >= 4 is 33.4 Å². The third-order valence-corrected chi connectivity index (χ3v) is 5.29. The van der Waals surface area contributed by atoms with Gasteiger partial charge in [-0.15, -0.1) is 0 Å². The Morgan fingerprint density at radius 2 is 1.70 bits per heavy atom. The van der Waals surface area contributed by atoms with Gasteiger partial charge < -0.3 is 9.84 Å². The Hall–Kier alpha value is -2.26. The van der Waals surface area contributed by atoms with E-state index in [2.05, 4.69) is 4.72 Å². The Balaban J connectivity index is 2.06. The number of hydrogen-bond donors (Lipinski definition) is 2. The van der Waals surface area contributed by atoms with Crippen molar-refractivity contribution in [1.29, 1.82) is 0 Å². The van der Waals surface area contributed by atoms with Crippen LogP contribution in [0.15, 0.2) is 59.5 Å². The predicted octanol–water partition coefficient (Wildman–Crippen LogP) is 1.79. The first-order valence-corrected chi connectivity index (χ1v) is 9.77. The second-order valence-electron chi connectivity index (χ2n) is 5.69. The Bertz CT molecular complexity index is 897. The van der Waals surface area contributed by atoms with Crippen LogP contribution in [-0.4, -0.2) is 44.0 Å². The molecule has 27 heavy (non-hydrogen) atoms. The SMILES string of the molecule is C[C@H](O)[C@@H](NS(=O)(=O)c1ccc(Cl)cc1)C(=O)OCC(=O)c1ccccc1. The number of halogens is 1. The molecule has 0 aromatic heterocycles. The van der Waals surface area contributed by atoms with Crippen molar-refractivity contribution in [3.8, 4) is 0 Å². The molecule has 0 bridgehead atoms. The van der Waals surface area contributed by atoms with Gasteiger partial charge in [0.2, 0.25) is 10.0 Å². The van der Waals surface area contributed by atoms with E-state index in [1.165, 1.54) is 31.2 Å². The molecule has 0 aliphatic rings. The number of ether oxygens (including phenoxy) is 1. The number of rotatable bonds is 8. The van der Waals surface area contributed by atoms with Crippen LogP contribution in [0.2, 0.25) is 5.02 Å². The maximum atomic E-state index is 12.4. The largest absolute Gasteiger partial charge is 0.456 e. The minimum atomic E-state index is -4.11. The number of carbonyl (C=O) groups is 2. The molecule has 0 unspecified atom stereocenters. The number of hydrogen-bond acceptors (Lipinski definition) is 6. The maximum Gasteiger partial charge on any atom is 0.327 e. The van der Waals surface area contributed by atoms with Crippen LogP contribution in [0.5, 0.6) is 0 Å². The lowest BCUT2D eigenvalue weighted by molar-refractivity contribution is -0.147. The molecular formula is C18H18ClNO6S. The summed E-state index contributed by atoms with van der Waals surface area (Å²) < 4.78 is 31.7. The molecule has 2 aromatic carbocycles. The summed E-state index contributed by atoms with van der Waals surface area (Å²) in [6.07, 6.45) is -1.38. The summed E-state index contributed by atoms with van der Waals surface area (Å²) >= 11 is 5.73. The lowest BCUT2D eigenvalue weighted by Gasteiger charge is -2.20. The lowest BCUT2D eigenvalue weighted by Crippen LogP contribution is -2.48. The van der Waals surface area contributed by atoms with E-state index in [0.717, 1.165) is 0 Å². The molecule has 2 aromatic rings. The summed E-state index contributed by atoms with van der Waals surface area (Å²) in [6.45, 7) is 0.657. The molecule has 0 spiro atoms. The van der Waals surface area contributed by atoms with E-state index >= 15 is 0 Å². The third-order valence-electron chi connectivity index (χ3n) is 3.58. The van der Waals surface area contributed by atoms with Gasteiger partial charge in [-0.3, -0.25) is 9.59 Å². The predicted molar refractivity (Wildman–Crippen MR) is 99.0 cm³/mol. The Kier molecular flexibility index (Phi) is 7.09. The summed E-state index contributed by atoms with van der Waals surface area (Å²) in [5.74, 6) is -1.51. The van der Waals surface area contributed by atoms with Crippen LogP contribution in [0.1, 0.15) is 17.3 Å². The van der Waals surface area contributed by atoms with Crippen LogP contribution in [0.3, 0.4) is 0 Å². The van der Waals surface area contributed by atoms with Crippen LogP contribution in [0.25, 0.3) is 0 Å². The van der Waals surface area contributed by atoms with E-state index in [1.54, 1.807) is 30.3 Å². The minimum absolute atomic E-state index is 0.134. The van der Waals surface area contributed by atoms with E-state index < -0.39 is 40.5 Å². The smallest absolute Gasteiger partial charge is 0.327 e. The van der Waals surface area contributed by atoms with Crippen molar-refractivity contribution in [3.05, 3.63) is 65.2 Å². The molecule has 2 rings (SSSR count). The molecular weight excluding hydrogens is 394 g/mol. The molecule has 7 nitrogen and oxygen atoms in total. The lowest BCUT2D eigenvalue weighted by atomic mass is 10.1. The molecule has 0 saturated carbocycles. The van der Waals surface area contributed by atoms with E-state index in [1.807, 2.05) is 0 Å². The molecule has 2 N–H and O–H groups in total. The zero-order chi connectivity index (χ0) is 20.0. The number of esters is 1. The molecule has 0 fully saturated rings. The Morgan fingerprint density at radius 1 is 1.11 bits per heavy atom. The van der Waals surface area contributed by atoms with Crippen LogP contribution in [0, 0.1) is 0 Å². The van der Waals surface area contributed by atoms with Gasteiger partial charge in [-0.25, -0.2) is 8.42 Å². The highest BCUT2D eigenvalue weighted by atomic mass is 35.5. The summed E-state index contributed by atoms with van der Waals surface area (Å²) in [6, 6.07) is 11.9. The molecule has 0 aliphatic heterocycles. The average Bonchev–Trinajstić information content (AvgIpc) is 2.64. The van der Waals surface area contributed by atoms with Crippen molar-refractivity contribution in [2.45, 2.75) is 24.0 Å². The van der Waals surface area contributed by atoms with Crippen molar-refractivity contribution in [1.82, 2.24) is 4.72 Å². The number of benzene rings is 2. The van der Waals surface area contributed by atoms with E-state index in [9.17, 15) is 23.1 Å². The van der Waals surface area contributed by atoms with Gasteiger partial charge in [0.15, 0.2) is 12.4 Å². The first kappa shape index (κ1) is 21.0. The van der Waals surface area contributed by atoms with Crippen LogP contribution >= 0.6 is 11.6 Å². The van der Waals surface area contributed by atoms with Crippen LogP contribution in [0.4, 0.5) is 0 Å². The molecule has 0 amide bonds. The van der Waals surface area contributed by atoms with Gasteiger partial charge in [-0.1, -0.05) is 41.9 Å². The first-order chi connectivity index (χ1) is 12.7. The highest BCUT2D eigenvalue weighted by molar-refractivity contribution is 7.89. The highest BCUT2D eigenvalue weighted by Gasteiger charge is 2.31. The molecule has 9 heteroatoms. The molecule has 0 aliphatic carbocycles. The van der Waals surface area contributed by atoms with Crippen molar-refractivity contribution in [2.75, 3.05) is 6.61 Å². The monoisotopic (exact) mass is 411 g/mol. The summed E-state index contributed by atoms with van der Waals surface area (Å²) in [5, 5.41) is 10.1. The fourth-order valence-electron chi connectivity index (χ4n) is 2.13. The molecule has 2 atom stereocenters. The van der Waals surface area contributed by atoms with E-state index in [-0.39, 0.29) is 4.90 Å². The normalized spacial score (nSPS) is 13.6. The summed E-state index contributed by atoms with van der Waals surface area (Å²) in [4.78, 5) is 24.1. The van der Waals surface area contributed by atoms with Crippen molar-refractivity contribution < 1.29 is 27.9 Å². The van der Waals surface area contributed by atoms with Gasteiger partial charge in [0, 0.05) is 10.6 Å². The zero-order valence-corrected chi connectivity index (χ0v) is 15.9. The summed E-state index contributed by atoms with van der Waals surface area (Å²) in [5.41, 5.74) is 0.348. The van der Waals surface area contributed by atoms with Gasteiger partial charge >= 0.3 is 5.97 Å². The van der Waals surface area contributed by atoms with Gasteiger partial charge in [-0.05, 0) is 31.2 Å². The number of aliphatic hydroxyl groups excluding tert-OH is 1. The number of aliphatic hydroxyl groups is 1. The van der Waals surface area contributed by atoms with Gasteiger partial charge in [-0.2, -0.15) is 4.72 Å². The molecule has 144 valence electrons. The van der Waals surface area contributed by atoms with Crippen LogP contribution in [-0.2, 0) is 19.6 Å². The number of Topliss-reactive ketones (excluding diaryl/α,β-unsaturated/α-hetero) is 1. The fraction of sp³-hybridized carbons (Fsp3) is 0.222.